The van der Waals surface area contributed by atoms with Crippen LogP contribution in [0.2, 0.25) is 0 Å². The highest BCUT2D eigenvalue weighted by Crippen LogP contribution is 2.38. The normalized spacial score (nSPS) is 16.7. The summed E-state index contributed by atoms with van der Waals surface area (Å²) in [7, 11) is 0. The van der Waals surface area contributed by atoms with Gasteiger partial charge in [0.15, 0.2) is 6.61 Å². The molecule has 6 heteroatoms. The fourth-order valence-electron chi connectivity index (χ4n) is 2.14. The second-order valence-corrected chi connectivity index (χ2v) is 5.08. The molecule has 0 saturated carbocycles. The van der Waals surface area contributed by atoms with Crippen molar-refractivity contribution in [1.29, 1.82) is 0 Å². The zero-order valence-electron chi connectivity index (χ0n) is 12.5. The number of nitrogens with two attached hydrogens (primary N) is 1. The van der Waals surface area contributed by atoms with Gasteiger partial charge in [-0.25, -0.2) is 4.79 Å². The summed E-state index contributed by atoms with van der Waals surface area (Å²) in [6.07, 6.45) is 0.525. The molecule has 21 heavy (non-hydrogen) atoms. The van der Waals surface area contributed by atoms with Gasteiger partial charge >= 0.3 is 5.97 Å². The van der Waals surface area contributed by atoms with E-state index in [1.54, 1.807) is 25.1 Å². The lowest BCUT2D eigenvalue weighted by molar-refractivity contribution is -0.150. The highest BCUT2D eigenvalue weighted by Gasteiger charge is 2.35. The summed E-state index contributed by atoms with van der Waals surface area (Å²) in [5.41, 5.74) is 6.76. The van der Waals surface area contributed by atoms with E-state index in [0.717, 1.165) is 0 Å². The van der Waals surface area contributed by atoms with E-state index < -0.39 is 12.0 Å². The van der Waals surface area contributed by atoms with Gasteiger partial charge in [-0.1, -0.05) is 13.0 Å². The third kappa shape index (κ3) is 2.94. The van der Waals surface area contributed by atoms with Crippen LogP contribution in [0.4, 0.5) is 11.4 Å². The average Bonchev–Trinajstić information content (AvgIpc) is 2.47. The maximum Gasteiger partial charge on any atom is 0.329 e. The Morgan fingerprint density at radius 3 is 2.86 bits per heavy atom. The molecule has 0 radical (unpaired) electrons. The average molecular weight is 292 g/mol. The zero-order valence-corrected chi connectivity index (χ0v) is 12.5. The summed E-state index contributed by atoms with van der Waals surface area (Å²) < 4.78 is 10.7. The predicted molar refractivity (Wildman–Crippen MR) is 79.1 cm³/mol. The number of rotatable bonds is 4. The number of hydrogen-bond acceptors (Lipinski definition) is 5. The lowest BCUT2D eigenvalue weighted by Crippen LogP contribution is -2.49. The van der Waals surface area contributed by atoms with Gasteiger partial charge in [0.05, 0.1) is 11.8 Å². The Balaban J connectivity index is 2.31. The predicted octanol–water partition coefficient (Wildman–Crippen LogP) is 1.72. The van der Waals surface area contributed by atoms with Crippen molar-refractivity contribution >= 4 is 23.3 Å². The van der Waals surface area contributed by atoms with Crippen LogP contribution >= 0.6 is 0 Å². The molecule has 2 atom stereocenters. The first-order chi connectivity index (χ1) is 9.95. The Morgan fingerprint density at radius 1 is 1.48 bits per heavy atom. The highest BCUT2D eigenvalue weighted by molar-refractivity contribution is 6.05. The van der Waals surface area contributed by atoms with Crippen LogP contribution in [0.1, 0.15) is 27.2 Å². The number of ether oxygens (including phenoxy) is 2. The molecule has 0 spiro atoms. The topological polar surface area (TPSA) is 81.9 Å². The van der Waals surface area contributed by atoms with Crippen molar-refractivity contribution in [2.75, 3.05) is 17.2 Å². The summed E-state index contributed by atoms with van der Waals surface area (Å²) in [6.45, 7) is 5.26. The third-order valence-corrected chi connectivity index (χ3v) is 3.51. The van der Waals surface area contributed by atoms with Crippen molar-refractivity contribution in [3.63, 3.8) is 0 Å². The smallest absolute Gasteiger partial charge is 0.329 e. The third-order valence-electron chi connectivity index (χ3n) is 3.51. The highest BCUT2D eigenvalue weighted by atomic mass is 16.5. The van der Waals surface area contributed by atoms with Crippen molar-refractivity contribution in [2.24, 2.45) is 0 Å². The lowest BCUT2D eigenvalue weighted by atomic mass is 10.1. The molecule has 1 aromatic rings. The summed E-state index contributed by atoms with van der Waals surface area (Å²) in [4.78, 5) is 25.7. The largest absolute Gasteiger partial charge is 0.481 e. The Bertz CT molecular complexity index is 559. The van der Waals surface area contributed by atoms with Crippen molar-refractivity contribution in [3.05, 3.63) is 18.2 Å². The minimum absolute atomic E-state index is 0.114. The minimum Gasteiger partial charge on any atom is -0.481 e. The fraction of sp³-hybridized carbons (Fsp3) is 0.467. The van der Waals surface area contributed by atoms with Crippen LogP contribution < -0.4 is 15.4 Å². The number of carbonyl (C=O) groups is 2. The quantitative estimate of drug-likeness (QED) is 0.675. The Kier molecular flexibility index (Phi) is 4.35. The molecule has 1 aliphatic rings. The second-order valence-electron chi connectivity index (χ2n) is 5.08. The summed E-state index contributed by atoms with van der Waals surface area (Å²) >= 11 is 0. The van der Waals surface area contributed by atoms with Crippen LogP contribution in [0, 0.1) is 0 Å². The molecular formula is C15H20N2O4. The molecule has 1 amide bonds. The van der Waals surface area contributed by atoms with Gasteiger partial charge in [0, 0.05) is 0 Å². The number of benzene rings is 1. The summed E-state index contributed by atoms with van der Waals surface area (Å²) in [5, 5.41) is 0. The zero-order chi connectivity index (χ0) is 15.6. The molecule has 2 rings (SSSR count). The van der Waals surface area contributed by atoms with E-state index in [-0.39, 0.29) is 18.6 Å². The number of nitrogens with zero attached hydrogens (tertiary/aromatic N) is 1. The van der Waals surface area contributed by atoms with Gasteiger partial charge in [0.25, 0.3) is 5.91 Å². The van der Waals surface area contributed by atoms with Gasteiger partial charge in [0.1, 0.15) is 17.5 Å². The van der Waals surface area contributed by atoms with Gasteiger partial charge in [0.2, 0.25) is 0 Å². The molecule has 2 unspecified atom stereocenters. The second kappa shape index (κ2) is 6.03. The molecule has 0 bridgehead atoms. The van der Waals surface area contributed by atoms with Crippen LogP contribution in [0.25, 0.3) is 0 Å². The van der Waals surface area contributed by atoms with E-state index in [4.69, 9.17) is 15.2 Å². The van der Waals surface area contributed by atoms with E-state index in [9.17, 15) is 9.59 Å². The number of nitrogen functional groups attached to an aromatic ring is 1. The van der Waals surface area contributed by atoms with E-state index >= 15 is 0 Å². The van der Waals surface area contributed by atoms with Crippen LogP contribution in [0.5, 0.6) is 5.75 Å². The molecule has 6 nitrogen and oxygen atoms in total. The van der Waals surface area contributed by atoms with Gasteiger partial charge < -0.3 is 15.2 Å². The number of carbonyl (C=O) groups excluding carboxylic acids is 2. The molecule has 114 valence electrons. The number of anilines is 2. The van der Waals surface area contributed by atoms with Crippen LogP contribution in [-0.2, 0) is 14.3 Å². The minimum atomic E-state index is -0.751. The summed E-state index contributed by atoms with van der Waals surface area (Å²) in [5.74, 6) is -0.263. The fourth-order valence-corrected chi connectivity index (χ4v) is 2.14. The van der Waals surface area contributed by atoms with E-state index in [2.05, 4.69) is 0 Å². The number of hydrogen-bond donors (Lipinski definition) is 1. The standard InChI is InChI=1S/C15H20N2O4/c1-4-9(2)21-15(19)10(3)17-13(18)8-20-12-7-5-6-11(16)14(12)17/h5-7,9-10H,4,8,16H2,1-3H3. The lowest BCUT2D eigenvalue weighted by Gasteiger charge is -2.34. The SMILES string of the molecule is CCC(C)OC(=O)C(C)N1C(=O)COc2cccc(N)c21. The molecule has 0 saturated heterocycles. The number of fused-ring (bicyclic) bond motifs is 1. The van der Waals surface area contributed by atoms with Gasteiger partial charge in [-0.15, -0.1) is 0 Å². The van der Waals surface area contributed by atoms with Crippen molar-refractivity contribution in [3.8, 4) is 5.75 Å². The first kappa shape index (κ1) is 15.2. The number of para-hydroxylation sites is 1. The van der Waals surface area contributed by atoms with E-state index in [1.807, 2.05) is 13.8 Å². The van der Waals surface area contributed by atoms with Crippen molar-refractivity contribution in [2.45, 2.75) is 39.3 Å². The Morgan fingerprint density at radius 2 is 2.19 bits per heavy atom. The van der Waals surface area contributed by atoms with E-state index in [0.29, 0.717) is 23.5 Å². The van der Waals surface area contributed by atoms with Gasteiger partial charge in [-0.05, 0) is 32.4 Å². The van der Waals surface area contributed by atoms with Crippen LogP contribution in [-0.4, -0.2) is 30.6 Å². The number of esters is 1. The Labute approximate surface area is 123 Å². The van der Waals surface area contributed by atoms with Crippen molar-refractivity contribution in [1.82, 2.24) is 0 Å². The Hall–Kier alpha value is -2.24. The van der Waals surface area contributed by atoms with E-state index in [1.165, 1.54) is 4.90 Å². The van der Waals surface area contributed by atoms with Gasteiger partial charge in [-0.2, -0.15) is 0 Å². The monoisotopic (exact) mass is 292 g/mol. The first-order valence-corrected chi connectivity index (χ1v) is 6.99. The molecular weight excluding hydrogens is 272 g/mol. The first-order valence-electron chi connectivity index (χ1n) is 6.99. The molecule has 1 aromatic carbocycles. The number of amides is 1. The maximum absolute atomic E-state index is 12.2. The molecule has 0 aromatic heterocycles. The summed E-state index contributed by atoms with van der Waals surface area (Å²) in [6, 6.07) is 4.38. The van der Waals surface area contributed by atoms with Crippen LogP contribution in [0.15, 0.2) is 18.2 Å². The molecule has 0 fully saturated rings. The molecule has 1 heterocycles. The molecule has 1 aliphatic heterocycles. The van der Waals surface area contributed by atoms with Crippen LogP contribution in [0.3, 0.4) is 0 Å². The molecule has 2 N–H and O–H groups in total. The van der Waals surface area contributed by atoms with Crippen molar-refractivity contribution < 1.29 is 19.1 Å². The maximum atomic E-state index is 12.2. The van der Waals surface area contributed by atoms with Gasteiger partial charge in [-0.3, -0.25) is 9.69 Å². The molecule has 0 aliphatic carbocycles.